The van der Waals surface area contributed by atoms with Crippen molar-refractivity contribution < 1.29 is 14.7 Å². The first-order chi connectivity index (χ1) is 11.6. The summed E-state index contributed by atoms with van der Waals surface area (Å²) >= 11 is 11.7. The molecule has 0 unspecified atom stereocenters. The maximum atomic E-state index is 12.4. The summed E-state index contributed by atoms with van der Waals surface area (Å²) in [7, 11) is 0. The number of piperidine rings is 1. The van der Waals surface area contributed by atoms with Gasteiger partial charge in [-0.25, -0.2) is 0 Å². The van der Waals surface area contributed by atoms with Gasteiger partial charge in [0.15, 0.2) is 0 Å². The van der Waals surface area contributed by atoms with Crippen molar-refractivity contribution in [3.8, 4) is 5.75 Å². The number of likely N-dealkylation sites (tertiary alicyclic amines) is 1. The second-order valence-electron chi connectivity index (χ2n) is 7.65. The number of nitrogens with one attached hydrogen (secondary N) is 1. The van der Waals surface area contributed by atoms with Gasteiger partial charge in [-0.1, -0.05) is 44.0 Å². The van der Waals surface area contributed by atoms with Crippen LogP contribution in [0.4, 0.5) is 0 Å². The van der Waals surface area contributed by atoms with E-state index in [1.165, 1.54) is 12.1 Å². The summed E-state index contributed by atoms with van der Waals surface area (Å²) in [6, 6.07) is 2.72. The molecule has 1 aromatic carbocycles. The summed E-state index contributed by atoms with van der Waals surface area (Å²) in [5.74, 6) is -0.542. The van der Waals surface area contributed by atoms with Gasteiger partial charge in [-0.05, 0) is 30.4 Å². The van der Waals surface area contributed by atoms with Crippen molar-refractivity contribution in [2.45, 2.75) is 46.1 Å². The molecular weight excluding hydrogens is 363 g/mol. The van der Waals surface area contributed by atoms with Crippen molar-refractivity contribution in [3.05, 3.63) is 27.7 Å². The number of phenolic OH excluding ortho intramolecular Hbond substituents is 1. The average Bonchev–Trinajstić information content (AvgIpc) is 2.49. The Hall–Kier alpha value is -1.46. The summed E-state index contributed by atoms with van der Waals surface area (Å²) in [6.45, 7) is 7.35. The topological polar surface area (TPSA) is 69.6 Å². The van der Waals surface area contributed by atoms with Crippen LogP contribution in [-0.2, 0) is 4.79 Å². The van der Waals surface area contributed by atoms with Crippen molar-refractivity contribution in [2.75, 3.05) is 13.1 Å². The van der Waals surface area contributed by atoms with Crippen molar-refractivity contribution in [1.29, 1.82) is 0 Å². The van der Waals surface area contributed by atoms with E-state index in [1.54, 1.807) is 0 Å². The number of carbonyl (C=O) groups is 2. The second-order valence-corrected chi connectivity index (χ2v) is 8.49. The Morgan fingerprint density at radius 1 is 1.24 bits per heavy atom. The van der Waals surface area contributed by atoms with Gasteiger partial charge in [-0.3, -0.25) is 9.59 Å². The first-order valence-corrected chi connectivity index (χ1v) is 9.09. The highest BCUT2D eigenvalue weighted by Crippen LogP contribution is 2.31. The van der Waals surface area contributed by atoms with Gasteiger partial charge in [-0.15, -0.1) is 0 Å². The molecule has 0 saturated carbocycles. The smallest absolute Gasteiger partial charge is 0.255 e. The third-order valence-corrected chi connectivity index (χ3v) is 4.64. The zero-order chi connectivity index (χ0) is 18.8. The van der Waals surface area contributed by atoms with E-state index < -0.39 is 5.91 Å². The number of amides is 2. The average molecular weight is 387 g/mol. The monoisotopic (exact) mass is 386 g/mol. The summed E-state index contributed by atoms with van der Waals surface area (Å²) in [5, 5.41) is 13.2. The number of nitrogens with zero attached hydrogens (tertiary/aromatic N) is 1. The molecule has 0 aromatic heterocycles. The van der Waals surface area contributed by atoms with Gasteiger partial charge in [-0.2, -0.15) is 0 Å². The van der Waals surface area contributed by atoms with Gasteiger partial charge in [0, 0.05) is 30.6 Å². The molecule has 0 atom stereocenters. The Bertz CT molecular complexity index is 663. The quantitative estimate of drug-likeness (QED) is 0.828. The Balaban J connectivity index is 1.92. The SMILES string of the molecule is CC(C)(C)CC(=O)N1CCC(NC(=O)c2cc(Cl)cc(Cl)c2O)CC1. The molecule has 1 aromatic rings. The fourth-order valence-electron chi connectivity index (χ4n) is 2.84. The van der Waals surface area contributed by atoms with Crippen LogP contribution < -0.4 is 5.32 Å². The number of hydrogen-bond donors (Lipinski definition) is 2. The van der Waals surface area contributed by atoms with Crippen LogP contribution >= 0.6 is 23.2 Å². The van der Waals surface area contributed by atoms with Gasteiger partial charge >= 0.3 is 0 Å². The van der Waals surface area contributed by atoms with E-state index in [-0.39, 0.29) is 38.7 Å². The fraction of sp³-hybridized carbons (Fsp3) is 0.556. The minimum Gasteiger partial charge on any atom is -0.506 e. The minimum absolute atomic E-state index is 0.0362. The van der Waals surface area contributed by atoms with E-state index in [4.69, 9.17) is 23.2 Å². The largest absolute Gasteiger partial charge is 0.506 e. The van der Waals surface area contributed by atoms with Gasteiger partial charge in [0.2, 0.25) is 5.91 Å². The van der Waals surface area contributed by atoms with Crippen LogP contribution in [0.2, 0.25) is 10.0 Å². The molecule has 2 rings (SSSR count). The van der Waals surface area contributed by atoms with E-state index >= 15 is 0 Å². The molecule has 2 amide bonds. The van der Waals surface area contributed by atoms with Gasteiger partial charge in [0.05, 0.1) is 10.6 Å². The van der Waals surface area contributed by atoms with E-state index in [0.717, 1.165) is 0 Å². The first kappa shape index (κ1) is 19.9. The Morgan fingerprint density at radius 3 is 2.40 bits per heavy atom. The molecule has 5 nitrogen and oxygen atoms in total. The van der Waals surface area contributed by atoms with Crippen molar-refractivity contribution in [2.24, 2.45) is 5.41 Å². The van der Waals surface area contributed by atoms with Crippen molar-refractivity contribution >= 4 is 35.0 Å². The second kappa shape index (κ2) is 7.83. The van der Waals surface area contributed by atoms with E-state index in [1.807, 2.05) is 25.7 Å². The molecule has 7 heteroatoms. The normalized spacial score (nSPS) is 16.0. The van der Waals surface area contributed by atoms with E-state index in [9.17, 15) is 14.7 Å². The standard InChI is InChI=1S/C18H24Cl2N2O3/c1-18(2,3)10-15(23)22-6-4-12(5-7-22)21-17(25)13-8-11(19)9-14(20)16(13)24/h8-9,12,24H,4-7,10H2,1-3H3,(H,21,25). The lowest BCUT2D eigenvalue weighted by atomic mass is 9.91. The third-order valence-electron chi connectivity index (χ3n) is 4.14. The number of phenols is 1. The van der Waals surface area contributed by atoms with Gasteiger partial charge < -0.3 is 15.3 Å². The number of hydrogen-bond acceptors (Lipinski definition) is 3. The zero-order valence-electron chi connectivity index (χ0n) is 14.7. The highest BCUT2D eigenvalue weighted by molar-refractivity contribution is 6.36. The Kier molecular flexibility index (Phi) is 6.22. The molecule has 0 radical (unpaired) electrons. The molecule has 138 valence electrons. The molecular formula is C18H24Cl2N2O3. The first-order valence-electron chi connectivity index (χ1n) is 8.33. The molecule has 1 saturated heterocycles. The van der Waals surface area contributed by atoms with Crippen LogP contribution in [-0.4, -0.2) is 41.0 Å². The van der Waals surface area contributed by atoms with Gasteiger partial charge in [0.25, 0.3) is 5.91 Å². The van der Waals surface area contributed by atoms with Crippen molar-refractivity contribution in [3.63, 3.8) is 0 Å². The minimum atomic E-state index is -0.415. The number of halogens is 2. The lowest BCUT2D eigenvalue weighted by molar-refractivity contribution is -0.134. The van der Waals surface area contributed by atoms with Crippen molar-refractivity contribution in [1.82, 2.24) is 10.2 Å². The number of rotatable bonds is 3. The highest BCUT2D eigenvalue weighted by atomic mass is 35.5. The van der Waals surface area contributed by atoms with E-state index in [0.29, 0.717) is 32.4 Å². The molecule has 0 aliphatic carbocycles. The Morgan fingerprint density at radius 2 is 1.84 bits per heavy atom. The number of carbonyl (C=O) groups excluding carboxylic acids is 2. The van der Waals surface area contributed by atoms with Crippen LogP contribution in [0.5, 0.6) is 5.75 Å². The number of aromatic hydroxyl groups is 1. The summed E-state index contributed by atoms with van der Waals surface area (Å²) < 4.78 is 0. The van der Waals surface area contributed by atoms with Crippen LogP contribution in [0.25, 0.3) is 0 Å². The zero-order valence-corrected chi connectivity index (χ0v) is 16.2. The molecule has 2 N–H and O–H groups in total. The van der Waals surface area contributed by atoms with Gasteiger partial charge in [0.1, 0.15) is 5.75 Å². The molecule has 1 aliphatic heterocycles. The Labute approximate surface area is 158 Å². The predicted molar refractivity (Wildman–Crippen MR) is 99.3 cm³/mol. The maximum absolute atomic E-state index is 12.4. The maximum Gasteiger partial charge on any atom is 0.255 e. The number of benzene rings is 1. The molecule has 0 bridgehead atoms. The summed E-state index contributed by atoms with van der Waals surface area (Å²) in [6.07, 6.45) is 1.87. The molecule has 25 heavy (non-hydrogen) atoms. The molecule has 0 spiro atoms. The summed E-state index contributed by atoms with van der Waals surface area (Å²) in [5.41, 5.74) is 0.0228. The highest BCUT2D eigenvalue weighted by Gasteiger charge is 2.27. The van der Waals surface area contributed by atoms with Crippen LogP contribution in [0.15, 0.2) is 12.1 Å². The lowest BCUT2D eigenvalue weighted by Crippen LogP contribution is -2.47. The van der Waals surface area contributed by atoms with E-state index in [2.05, 4.69) is 5.32 Å². The van der Waals surface area contributed by atoms with Crippen LogP contribution in [0.3, 0.4) is 0 Å². The third kappa shape index (κ3) is 5.51. The van der Waals surface area contributed by atoms with Crippen LogP contribution in [0, 0.1) is 5.41 Å². The molecule has 1 fully saturated rings. The molecule has 1 heterocycles. The predicted octanol–water partition coefficient (Wildman–Crippen LogP) is 3.86. The lowest BCUT2D eigenvalue weighted by Gasteiger charge is -2.34. The van der Waals surface area contributed by atoms with Crippen LogP contribution in [0.1, 0.15) is 50.4 Å². The summed E-state index contributed by atoms with van der Waals surface area (Å²) in [4.78, 5) is 26.5. The fourth-order valence-corrected chi connectivity index (χ4v) is 3.33. The molecule has 1 aliphatic rings.